The Morgan fingerprint density at radius 2 is 2.21 bits per heavy atom. The summed E-state index contributed by atoms with van der Waals surface area (Å²) < 4.78 is 11.1. The van der Waals surface area contributed by atoms with Gasteiger partial charge in [-0.15, -0.1) is 0 Å². The van der Waals surface area contributed by atoms with Gasteiger partial charge in [-0.1, -0.05) is 0 Å². The standard InChI is InChI=1S/C15H23NO3/c1-9-8-16-12(11(3)15(9)18-4)7-13(17)14-6-5-10(2)19-14/h8,10,13-14,17H,5-7H2,1-4H3. The van der Waals surface area contributed by atoms with Crippen molar-refractivity contribution in [3.63, 3.8) is 0 Å². The van der Waals surface area contributed by atoms with Gasteiger partial charge in [-0.2, -0.15) is 0 Å². The lowest BCUT2D eigenvalue weighted by molar-refractivity contribution is -0.0282. The predicted molar refractivity (Wildman–Crippen MR) is 73.5 cm³/mol. The first-order chi connectivity index (χ1) is 9.02. The average Bonchev–Trinajstić information content (AvgIpc) is 2.80. The molecule has 2 rings (SSSR count). The number of nitrogens with zero attached hydrogens (tertiary/aromatic N) is 1. The van der Waals surface area contributed by atoms with Crippen molar-refractivity contribution >= 4 is 0 Å². The van der Waals surface area contributed by atoms with Crippen LogP contribution in [0.4, 0.5) is 0 Å². The minimum Gasteiger partial charge on any atom is -0.496 e. The lowest BCUT2D eigenvalue weighted by atomic mass is 10.0. The third kappa shape index (κ3) is 3.07. The minimum atomic E-state index is -0.497. The van der Waals surface area contributed by atoms with Crippen LogP contribution in [-0.2, 0) is 11.2 Å². The normalized spacial score (nSPS) is 24.5. The van der Waals surface area contributed by atoms with Gasteiger partial charge in [0.25, 0.3) is 0 Å². The first kappa shape index (κ1) is 14.3. The molecule has 19 heavy (non-hydrogen) atoms. The van der Waals surface area contributed by atoms with Crippen LogP contribution in [0.3, 0.4) is 0 Å². The molecule has 0 saturated carbocycles. The fraction of sp³-hybridized carbons (Fsp3) is 0.667. The molecule has 3 unspecified atom stereocenters. The number of aryl methyl sites for hydroxylation is 1. The number of pyridine rings is 1. The van der Waals surface area contributed by atoms with Crippen LogP contribution >= 0.6 is 0 Å². The van der Waals surface area contributed by atoms with E-state index in [0.717, 1.165) is 35.4 Å². The lowest BCUT2D eigenvalue weighted by Crippen LogP contribution is -2.28. The molecule has 0 spiro atoms. The summed E-state index contributed by atoms with van der Waals surface area (Å²) in [6, 6.07) is 0. The molecule has 4 nitrogen and oxygen atoms in total. The summed E-state index contributed by atoms with van der Waals surface area (Å²) in [5.74, 6) is 0.859. The molecule has 1 fully saturated rings. The molecule has 4 heteroatoms. The van der Waals surface area contributed by atoms with Gasteiger partial charge in [-0.3, -0.25) is 4.98 Å². The van der Waals surface area contributed by atoms with E-state index in [9.17, 15) is 5.11 Å². The van der Waals surface area contributed by atoms with Crippen molar-refractivity contribution in [1.29, 1.82) is 0 Å². The van der Waals surface area contributed by atoms with E-state index in [2.05, 4.69) is 4.98 Å². The van der Waals surface area contributed by atoms with E-state index in [1.807, 2.05) is 20.8 Å². The predicted octanol–water partition coefficient (Wildman–Crippen LogP) is 2.18. The van der Waals surface area contributed by atoms with Crippen molar-refractivity contribution in [3.05, 3.63) is 23.0 Å². The Balaban J connectivity index is 2.11. The van der Waals surface area contributed by atoms with Gasteiger partial charge in [0.15, 0.2) is 0 Å². The molecule has 1 aromatic rings. The van der Waals surface area contributed by atoms with Crippen molar-refractivity contribution < 1.29 is 14.6 Å². The summed E-state index contributed by atoms with van der Waals surface area (Å²) in [4.78, 5) is 4.42. The van der Waals surface area contributed by atoms with Crippen LogP contribution in [-0.4, -0.2) is 35.5 Å². The molecule has 1 N–H and O–H groups in total. The minimum absolute atomic E-state index is 0.0662. The molecule has 2 heterocycles. The van der Waals surface area contributed by atoms with Gasteiger partial charge >= 0.3 is 0 Å². The lowest BCUT2D eigenvalue weighted by Gasteiger charge is -2.20. The third-order valence-electron chi connectivity index (χ3n) is 3.85. The average molecular weight is 265 g/mol. The van der Waals surface area contributed by atoms with Crippen molar-refractivity contribution in [2.45, 2.75) is 58.3 Å². The maximum atomic E-state index is 10.3. The zero-order valence-corrected chi connectivity index (χ0v) is 12.1. The number of aromatic nitrogens is 1. The van der Waals surface area contributed by atoms with Crippen molar-refractivity contribution in [2.75, 3.05) is 7.11 Å². The van der Waals surface area contributed by atoms with Gasteiger partial charge in [0, 0.05) is 29.4 Å². The van der Waals surface area contributed by atoms with Gasteiger partial charge in [0.1, 0.15) is 5.75 Å². The number of aliphatic hydroxyl groups excluding tert-OH is 1. The van der Waals surface area contributed by atoms with Crippen LogP contribution in [0.1, 0.15) is 36.6 Å². The Morgan fingerprint density at radius 1 is 1.47 bits per heavy atom. The van der Waals surface area contributed by atoms with Gasteiger partial charge in [0.05, 0.1) is 25.4 Å². The second kappa shape index (κ2) is 5.88. The third-order valence-corrected chi connectivity index (χ3v) is 3.85. The first-order valence-corrected chi connectivity index (χ1v) is 6.85. The molecule has 1 aliphatic heterocycles. The first-order valence-electron chi connectivity index (χ1n) is 6.85. The fourth-order valence-electron chi connectivity index (χ4n) is 2.72. The van der Waals surface area contributed by atoms with Crippen LogP contribution in [0.5, 0.6) is 5.75 Å². The summed E-state index contributed by atoms with van der Waals surface area (Å²) in [6.45, 7) is 6.00. The molecule has 106 valence electrons. The topological polar surface area (TPSA) is 51.6 Å². The number of hydrogen-bond donors (Lipinski definition) is 1. The zero-order valence-electron chi connectivity index (χ0n) is 12.1. The molecule has 0 amide bonds. The number of methoxy groups -OCH3 is 1. The second-order valence-electron chi connectivity index (χ2n) is 5.38. The molecule has 1 aliphatic rings. The Morgan fingerprint density at radius 3 is 2.79 bits per heavy atom. The largest absolute Gasteiger partial charge is 0.496 e. The van der Waals surface area contributed by atoms with Crippen LogP contribution in [0.15, 0.2) is 6.20 Å². The molecule has 0 radical (unpaired) electrons. The smallest absolute Gasteiger partial charge is 0.128 e. The fourth-order valence-corrected chi connectivity index (χ4v) is 2.72. The quantitative estimate of drug-likeness (QED) is 0.906. The Hall–Kier alpha value is -1.13. The highest BCUT2D eigenvalue weighted by Crippen LogP contribution is 2.27. The van der Waals surface area contributed by atoms with Crippen molar-refractivity contribution in [2.24, 2.45) is 0 Å². The SMILES string of the molecule is COc1c(C)cnc(CC(O)C2CCC(C)O2)c1C. The molecule has 3 atom stereocenters. The van der Waals surface area contributed by atoms with E-state index < -0.39 is 6.10 Å². The van der Waals surface area contributed by atoms with Gasteiger partial charge in [0.2, 0.25) is 0 Å². The Kier molecular flexibility index (Phi) is 4.42. The van der Waals surface area contributed by atoms with Crippen LogP contribution < -0.4 is 4.74 Å². The summed E-state index contributed by atoms with van der Waals surface area (Å²) in [6.07, 6.45) is 3.94. The highest BCUT2D eigenvalue weighted by molar-refractivity contribution is 5.41. The number of hydrogen-bond acceptors (Lipinski definition) is 4. The van der Waals surface area contributed by atoms with E-state index in [-0.39, 0.29) is 12.2 Å². The van der Waals surface area contributed by atoms with Crippen LogP contribution in [0, 0.1) is 13.8 Å². The number of aliphatic hydroxyl groups is 1. The van der Waals surface area contributed by atoms with Crippen LogP contribution in [0.25, 0.3) is 0 Å². The monoisotopic (exact) mass is 265 g/mol. The van der Waals surface area contributed by atoms with E-state index in [4.69, 9.17) is 9.47 Å². The molecule has 0 bridgehead atoms. The number of rotatable bonds is 4. The molecular formula is C15H23NO3. The Labute approximate surface area is 114 Å². The summed E-state index contributed by atoms with van der Waals surface area (Å²) >= 11 is 0. The number of ether oxygens (including phenoxy) is 2. The molecule has 1 saturated heterocycles. The summed E-state index contributed by atoms with van der Waals surface area (Å²) in [7, 11) is 1.66. The highest BCUT2D eigenvalue weighted by atomic mass is 16.5. The van der Waals surface area contributed by atoms with Gasteiger partial charge < -0.3 is 14.6 Å². The van der Waals surface area contributed by atoms with Crippen molar-refractivity contribution in [1.82, 2.24) is 4.98 Å². The van der Waals surface area contributed by atoms with E-state index in [1.54, 1.807) is 13.3 Å². The van der Waals surface area contributed by atoms with Gasteiger partial charge in [-0.25, -0.2) is 0 Å². The molecular weight excluding hydrogens is 242 g/mol. The molecule has 1 aromatic heterocycles. The van der Waals surface area contributed by atoms with E-state index in [1.165, 1.54) is 0 Å². The highest BCUT2D eigenvalue weighted by Gasteiger charge is 2.29. The summed E-state index contributed by atoms with van der Waals surface area (Å²) in [5, 5.41) is 10.3. The van der Waals surface area contributed by atoms with E-state index >= 15 is 0 Å². The van der Waals surface area contributed by atoms with Crippen molar-refractivity contribution in [3.8, 4) is 5.75 Å². The Bertz CT molecular complexity index is 447. The second-order valence-corrected chi connectivity index (χ2v) is 5.38. The molecule has 0 aliphatic carbocycles. The maximum Gasteiger partial charge on any atom is 0.128 e. The molecule has 0 aromatic carbocycles. The van der Waals surface area contributed by atoms with Gasteiger partial charge in [-0.05, 0) is 33.6 Å². The zero-order chi connectivity index (χ0) is 14.0. The van der Waals surface area contributed by atoms with E-state index in [0.29, 0.717) is 6.42 Å². The maximum absolute atomic E-state index is 10.3. The van der Waals surface area contributed by atoms with Crippen LogP contribution in [0.2, 0.25) is 0 Å². The summed E-state index contributed by atoms with van der Waals surface area (Å²) in [5.41, 5.74) is 2.91.